The highest BCUT2D eigenvalue weighted by atomic mass is 35.5. The van der Waals surface area contributed by atoms with E-state index >= 15 is 0 Å². The van der Waals surface area contributed by atoms with E-state index in [-0.39, 0.29) is 0 Å². The Balaban J connectivity index is 2.34. The minimum Gasteiger partial charge on any atom is -0.470 e. The summed E-state index contributed by atoms with van der Waals surface area (Å²) in [5, 5.41) is 1.29. The first-order valence-electron chi connectivity index (χ1n) is 4.36. The molecule has 0 bridgehead atoms. The van der Waals surface area contributed by atoms with Gasteiger partial charge in [0.05, 0.1) is 17.3 Å². The topological polar surface area (TPSA) is 43.9 Å². The van der Waals surface area contributed by atoms with Crippen molar-refractivity contribution in [3.8, 4) is 5.69 Å². The van der Waals surface area contributed by atoms with Gasteiger partial charge in [0.2, 0.25) is 0 Å². The number of furan rings is 1. The first kappa shape index (κ1) is 8.49. The van der Waals surface area contributed by atoms with Gasteiger partial charge in [-0.05, 0) is 6.07 Å². The SMILES string of the molecule is Clc1ncnc2c1ccn2-c1ccoc1. The first-order chi connectivity index (χ1) is 7.36. The first-order valence-corrected chi connectivity index (χ1v) is 4.74. The molecule has 3 rings (SSSR count). The molecule has 0 aromatic carbocycles. The van der Waals surface area contributed by atoms with Crippen LogP contribution < -0.4 is 0 Å². The fourth-order valence-electron chi connectivity index (χ4n) is 1.52. The molecule has 0 spiro atoms. The minimum absolute atomic E-state index is 0.460. The molecular weight excluding hydrogens is 214 g/mol. The van der Waals surface area contributed by atoms with E-state index in [0.717, 1.165) is 16.7 Å². The van der Waals surface area contributed by atoms with Crippen molar-refractivity contribution in [1.82, 2.24) is 14.5 Å². The van der Waals surface area contributed by atoms with Gasteiger partial charge in [0.15, 0.2) is 0 Å². The molecular formula is C10H6ClN3O. The predicted molar refractivity (Wildman–Crippen MR) is 56.1 cm³/mol. The van der Waals surface area contributed by atoms with Gasteiger partial charge in [-0.15, -0.1) is 0 Å². The summed E-state index contributed by atoms with van der Waals surface area (Å²) in [6.07, 6.45) is 6.59. The molecule has 0 aliphatic heterocycles. The minimum atomic E-state index is 0.460. The lowest BCUT2D eigenvalue weighted by atomic mass is 10.4. The summed E-state index contributed by atoms with van der Waals surface area (Å²) in [7, 11) is 0. The predicted octanol–water partition coefficient (Wildman–Crippen LogP) is 2.67. The van der Waals surface area contributed by atoms with Crippen molar-refractivity contribution in [2.24, 2.45) is 0 Å². The number of nitrogens with zero attached hydrogens (tertiary/aromatic N) is 3. The number of halogens is 1. The Morgan fingerprint density at radius 1 is 1.27 bits per heavy atom. The van der Waals surface area contributed by atoms with Crippen molar-refractivity contribution < 1.29 is 4.42 Å². The van der Waals surface area contributed by atoms with Crippen molar-refractivity contribution in [2.75, 3.05) is 0 Å². The average molecular weight is 220 g/mol. The molecule has 0 unspecified atom stereocenters. The van der Waals surface area contributed by atoms with Gasteiger partial charge in [0.1, 0.15) is 23.4 Å². The highest BCUT2D eigenvalue weighted by Crippen LogP contribution is 2.23. The highest BCUT2D eigenvalue weighted by Gasteiger charge is 2.08. The average Bonchev–Trinajstić information content (AvgIpc) is 2.85. The molecule has 0 saturated carbocycles. The Bertz CT molecular complexity index is 600. The maximum absolute atomic E-state index is 5.94. The molecule has 3 heterocycles. The van der Waals surface area contributed by atoms with Crippen LogP contribution in [0.5, 0.6) is 0 Å². The van der Waals surface area contributed by atoms with Crippen LogP contribution in [0.4, 0.5) is 0 Å². The van der Waals surface area contributed by atoms with Gasteiger partial charge in [0.25, 0.3) is 0 Å². The molecule has 0 saturated heterocycles. The molecule has 4 nitrogen and oxygen atoms in total. The molecule has 0 N–H and O–H groups in total. The smallest absolute Gasteiger partial charge is 0.149 e. The van der Waals surface area contributed by atoms with E-state index < -0.39 is 0 Å². The van der Waals surface area contributed by atoms with Crippen LogP contribution in [-0.2, 0) is 0 Å². The molecule has 5 heteroatoms. The lowest BCUT2D eigenvalue weighted by Crippen LogP contribution is -1.91. The van der Waals surface area contributed by atoms with Crippen molar-refractivity contribution in [1.29, 1.82) is 0 Å². The molecule has 0 amide bonds. The van der Waals surface area contributed by atoms with Crippen molar-refractivity contribution in [3.05, 3.63) is 42.3 Å². The number of fused-ring (bicyclic) bond motifs is 1. The van der Waals surface area contributed by atoms with Gasteiger partial charge >= 0.3 is 0 Å². The molecule has 0 aliphatic carbocycles. The van der Waals surface area contributed by atoms with Gasteiger partial charge in [-0.25, -0.2) is 9.97 Å². The van der Waals surface area contributed by atoms with Crippen molar-refractivity contribution >= 4 is 22.6 Å². The zero-order chi connectivity index (χ0) is 10.3. The second kappa shape index (κ2) is 3.10. The van der Waals surface area contributed by atoms with Crippen LogP contribution in [-0.4, -0.2) is 14.5 Å². The summed E-state index contributed by atoms with van der Waals surface area (Å²) >= 11 is 5.94. The third kappa shape index (κ3) is 1.22. The Labute approximate surface area is 90.1 Å². The lowest BCUT2D eigenvalue weighted by molar-refractivity contribution is 0.566. The van der Waals surface area contributed by atoms with Crippen LogP contribution in [0, 0.1) is 0 Å². The van der Waals surface area contributed by atoms with E-state index in [1.807, 2.05) is 22.9 Å². The third-order valence-corrected chi connectivity index (χ3v) is 2.52. The molecule has 0 radical (unpaired) electrons. The largest absolute Gasteiger partial charge is 0.470 e. The van der Waals surface area contributed by atoms with Crippen molar-refractivity contribution in [3.63, 3.8) is 0 Å². The van der Waals surface area contributed by atoms with Gasteiger partial charge in [-0.3, -0.25) is 4.57 Å². The van der Waals surface area contributed by atoms with Gasteiger partial charge in [-0.1, -0.05) is 11.6 Å². The van der Waals surface area contributed by atoms with Crippen LogP contribution >= 0.6 is 11.6 Å². The Morgan fingerprint density at radius 3 is 3.00 bits per heavy atom. The Hall–Kier alpha value is -1.81. The third-order valence-electron chi connectivity index (χ3n) is 2.22. The van der Waals surface area contributed by atoms with Gasteiger partial charge in [-0.2, -0.15) is 0 Å². The summed E-state index contributed by atoms with van der Waals surface area (Å²) in [6, 6.07) is 3.74. The highest BCUT2D eigenvalue weighted by molar-refractivity contribution is 6.33. The molecule has 3 aromatic heterocycles. The zero-order valence-electron chi connectivity index (χ0n) is 7.59. The fourth-order valence-corrected chi connectivity index (χ4v) is 1.71. The number of hydrogen-bond donors (Lipinski definition) is 0. The summed E-state index contributed by atoms with van der Waals surface area (Å²) in [5.41, 5.74) is 1.69. The fraction of sp³-hybridized carbons (Fsp3) is 0. The van der Waals surface area contributed by atoms with E-state index in [1.54, 1.807) is 12.5 Å². The van der Waals surface area contributed by atoms with Crippen molar-refractivity contribution in [2.45, 2.75) is 0 Å². The molecule has 0 atom stereocenters. The maximum atomic E-state index is 5.94. The monoisotopic (exact) mass is 219 g/mol. The molecule has 15 heavy (non-hydrogen) atoms. The number of aromatic nitrogens is 3. The second-order valence-electron chi connectivity index (χ2n) is 3.07. The standard InChI is InChI=1S/C10H6ClN3O/c11-9-8-1-3-14(7-2-4-15-5-7)10(8)13-6-12-9/h1-6H. The van der Waals surface area contributed by atoms with Gasteiger partial charge in [0, 0.05) is 12.3 Å². The molecule has 74 valence electrons. The molecule has 0 aliphatic rings. The van der Waals surface area contributed by atoms with E-state index in [4.69, 9.17) is 16.0 Å². The quantitative estimate of drug-likeness (QED) is 0.591. The van der Waals surface area contributed by atoms with E-state index in [2.05, 4.69) is 9.97 Å². The van der Waals surface area contributed by atoms with Crippen LogP contribution in [0.15, 0.2) is 41.6 Å². The van der Waals surface area contributed by atoms with E-state index in [0.29, 0.717) is 5.15 Å². The van der Waals surface area contributed by atoms with E-state index in [9.17, 15) is 0 Å². The zero-order valence-corrected chi connectivity index (χ0v) is 8.35. The number of rotatable bonds is 1. The summed E-state index contributed by atoms with van der Waals surface area (Å²) in [6.45, 7) is 0. The van der Waals surface area contributed by atoms with Crippen LogP contribution in [0.3, 0.4) is 0 Å². The molecule has 3 aromatic rings. The van der Waals surface area contributed by atoms with Gasteiger partial charge < -0.3 is 4.42 Å². The lowest BCUT2D eigenvalue weighted by Gasteiger charge is -1.99. The summed E-state index contributed by atoms with van der Waals surface area (Å²) in [4.78, 5) is 8.10. The van der Waals surface area contributed by atoms with E-state index in [1.165, 1.54) is 6.33 Å². The molecule has 0 fully saturated rings. The maximum Gasteiger partial charge on any atom is 0.149 e. The Morgan fingerprint density at radius 2 is 2.20 bits per heavy atom. The summed E-state index contributed by atoms with van der Waals surface area (Å²) in [5.74, 6) is 0. The Kier molecular flexibility index (Phi) is 1.76. The van der Waals surface area contributed by atoms with Crippen LogP contribution in [0.1, 0.15) is 0 Å². The second-order valence-corrected chi connectivity index (χ2v) is 3.43. The van der Waals surface area contributed by atoms with Crippen LogP contribution in [0.25, 0.3) is 16.7 Å². The number of hydrogen-bond acceptors (Lipinski definition) is 3. The van der Waals surface area contributed by atoms with Crippen LogP contribution in [0.2, 0.25) is 5.15 Å². The summed E-state index contributed by atoms with van der Waals surface area (Å²) < 4.78 is 6.92. The normalized spacial score (nSPS) is 11.0.